The third-order valence-corrected chi connectivity index (χ3v) is 7.10. The molecule has 14 atom stereocenters. The van der Waals surface area contributed by atoms with Crippen LogP contribution >= 0.6 is 0 Å². The van der Waals surface area contributed by atoms with E-state index in [4.69, 9.17) is 18.9 Å². The predicted octanol–water partition coefficient (Wildman–Crippen LogP) is -8.06. The molecule has 226 valence electrons. The number of amides is 2. The molecular formula is C22H40N3O14+. The topological polar surface area (TPSA) is 274 Å². The normalized spacial score (nSPS) is 45.0. The number of nitrogens with two attached hydrogens (primary N) is 1. The van der Waals surface area contributed by atoms with Crippen molar-refractivity contribution >= 4 is 11.8 Å². The number of ether oxygens (including phenoxy) is 4. The third-order valence-electron chi connectivity index (χ3n) is 7.10. The van der Waals surface area contributed by atoms with E-state index in [1.165, 1.54) is 0 Å². The largest absolute Gasteiger partial charge is 0.394 e. The molecule has 0 saturated carbocycles. The summed E-state index contributed by atoms with van der Waals surface area (Å²) in [4.78, 5) is 23.7. The van der Waals surface area contributed by atoms with Crippen molar-refractivity contribution < 1.29 is 74.7 Å². The molecule has 39 heavy (non-hydrogen) atoms. The van der Waals surface area contributed by atoms with Gasteiger partial charge in [0.25, 0.3) is 0 Å². The number of carbonyl (C=O) groups excluding carboxylic acids is 2. The summed E-state index contributed by atoms with van der Waals surface area (Å²) in [6.45, 7) is 0.477. The molecule has 0 aromatic heterocycles. The molecule has 0 aliphatic carbocycles. The highest BCUT2D eigenvalue weighted by molar-refractivity contribution is 5.73. The van der Waals surface area contributed by atoms with Gasteiger partial charge in [0, 0.05) is 13.8 Å². The van der Waals surface area contributed by atoms with Crippen LogP contribution in [0.25, 0.3) is 0 Å². The number of rotatable bonds is 9. The van der Waals surface area contributed by atoms with Gasteiger partial charge in [-0.05, 0) is 0 Å². The Kier molecular flexibility index (Phi) is 11.4. The molecular weight excluding hydrogens is 530 g/mol. The maximum absolute atomic E-state index is 12.0. The Balaban J connectivity index is 1.87. The summed E-state index contributed by atoms with van der Waals surface area (Å²) >= 11 is 0. The molecule has 3 fully saturated rings. The van der Waals surface area contributed by atoms with Crippen LogP contribution in [0.15, 0.2) is 0 Å². The number of hydrogen-bond acceptors (Lipinski definition) is 14. The number of carbonyl (C=O) groups is 2. The van der Waals surface area contributed by atoms with Crippen molar-refractivity contribution in [2.45, 2.75) is 99.5 Å². The first-order valence-electron chi connectivity index (χ1n) is 12.7. The Morgan fingerprint density at radius 2 is 1.26 bits per heavy atom. The van der Waals surface area contributed by atoms with E-state index in [9.17, 15) is 50.4 Å². The van der Waals surface area contributed by atoms with Crippen LogP contribution in [0.4, 0.5) is 0 Å². The molecule has 0 aromatic carbocycles. The lowest BCUT2D eigenvalue weighted by atomic mass is 9.93. The van der Waals surface area contributed by atoms with Crippen molar-refractivity contribution in [3.63, 3.8) is 0 Å². The molecule has 0 bridgehead atoms. The minimum Gasteiger partial charge on any atom is -0.394 e. The van der Waals surface area contributed by atoms with E-state index in [-0.39, 0.29) is 6.54 Å². The highest BCUT2D eigenvalue weighted by atomic mass is 16.7. The van der Waals surface area contributed by atoms with Crippen molar-refractivity contribution in [1.29, 1.82) is 0 Å². The predicted molar refractivity (Wildman–Crippen MR) is 124 cm³/mol. The molecule has 0 spiro atoms. The molecule has 3 saturated heterocycles. The van der Waals surface area contributed by atoms with Crippen molar-refractivity contribution in [2.75, 3.05) is 26.4 Å². The molecule has 0 aromatic rings. The van der Waals surface area contributed by atoms with Crippen molar-refractivity contribution in [2.24, 2.45) is 0 Å². The smallest absolute Gasteiger partial charge is 0.217 e. The van der Waals surface area contributed by atoms with Crippen LogP contribution in [0.2, 0.25) is 0 Å². The summed E-state index contributed by atoms with van der Waals surface area (Å²) < 4.78 is 23.0. The third kappa shape index (κ3) is 7.20. The summed E-state index contributed by atoms with van der Waals surface area (Å²) in [6.07, 6.45) is -16.0. The summed E-state index contributed by atoms with van der Waals surface area (Å²) in [7, 11) is 0. The van der Waals surface area contributed by atoms with Crippen LogP contribution < -0.4 is 16.0 Å². The van der Waals surface area contributed by atoms with E-state index in [0.717, 1.165) is 13.8 Å². The quantitative estimate of drug-likeness (QED) is 0.123. The number of quaternary nitrogens is 1. The fourth-order valence-electron chi connectivity index (χ4n) is 5.06. The van der Waals surface area contributed by atoms with Gasteiger partial charge in [0.15, 0.2) is 12.6 Å². The number of aliphatic hydroxyl groups excluding tert-OH is 8. The summed E-state index contributed by atoms with van der Waals surface area (Å²) in [5, 5.41) is 88.4. The number of aliphatic hydroxyl groups is 8. The van der Waals surface area contributed by atoms with Gasteiger partial charge in [-0.1, -0.05) is 0 Å². The van der Waals surface area contributed by atoms with Gasteiger partial charge in [0.2, 0.25) is 11.8 Å². The minimum absolute atomic E-state index is 0.0942. The van der Waals surface area contributed by atoms with Gasteiger partial charge >= 0.3 is 0 Å². The molecule has 17 heteroatoms. The second-order valence-electron chi connectivity index (χ2n) is 9.95. The number of piperidine rings is 1. The average molecular weight is 571 g/mol. The molecule has 12 N–H and O–H groups in total. The van der Waals surface area contributed by atoms with Crippen LogP contribution in [0.3, 0.4) is 0 Å². The summed E-state index contributed by atoms with van der Waals surface area (Å²) in [5.41, 5.74) is 0. The Labute approximate surface area is 223 Å². The van der Waals surface area contributed by atoms with Gasteiger partial charge in [-0.3, -0.25) is 9.59 Å². The first-order chi connectivity index (χ1) is 18.4. The lowest BCUT2D eigenvalue weighted by Gasteiger charge is -2.49. The van der Waals surface area contributed by atoms with Gasteiger partial charge in [0.05, 0.1) is 19.8 Å². The number of nitrogens with one attached hydrogen (secondary N) is 2. The SMILES string of the molecule is CC(=O)N[C@H]1[C@H](O[C@H]2[C@H](O)[C@@H](O)C[NH2+][C@@H]2CO)O[C@H](CO)[C@@H](O[C@@H]2O[C@H](CO)[C@@H](O)[C@H](O)[C@H]2NC(C)=O)[C@@H]1O. The molecule has 0 unspecified atom stereocenters. The molecule has 17 nitrogen and oxygen atoms in total. The van der Waals surface area contributed by atoms with E-state index >= 15 is 0 Å². The molecule has 3 aliphatic rings. The van der Waals surface area contributed by atoms with Crippen molar-refractivity contribution in [1.82, 2.24) is 10.6 Å². The zero-order valence-corrected chi connectivity index (χ0v) is 21.5. The van der Waals surface area contributed by atoms with Crippen LogP contribution in [0.5, 0.6) is 0 Å². The first kappa shape index (κ1) is 31.9. The molecule has 3 rings (SSSR count). The van der Waals surface area contributed by atoms with Gasteiger partial charge in [-0.2, -0.15) is 0 Å². The highest BCUT2D eigenvalue weighted by Gasteiger charge is 2.53. The van der Waals surface area contributed by atoms with Gasteiger partial charge in [-0.15, -0.1) is 0 Å². The van der Waals surface area contributed by atoms with Crippen LogP contribution in [-0.4, -0.2) is 165 Å². The van der Waals surface area contributed by atoms with Crippen LogP contribution in [0, 0.1) is 0 Å². The number of hydrogen-bond donors (Lipinski definition) is 11. The zero-order valence-electron chi connectivity index (χ0n) is 21.5. The van der Waals surface area contributed by atoms with E-state index < -0.39 is 117 Å². The van der Waals surface area contributed by atoms with E-state index in [0.29, 0.717) is 0 Å². The molecule has 2 amide bonds. The lowest BCUT2D eigenvalue weighted by Crippen LogP contribution is -2.99. The minimum atomic E-state index is -1.68. The first-order valence-corrected chi connectivity index (χ1v) is 12.7. The standard InChI is InChI=1S/C22H39N3O14/c1-7(29)24-13-17(34)16(33)11(5-27)36-21(13)39-20-12(6-28)37-22(14(18(20)35)25-8(2)30)38-19-9(4-26)23-3-10(31)15(19)32/h9-23,26-28,31-35H,3-6H2,1-2H3,(H,24,29)(H,25,30)/p+1/t9-,10+,11-,12-,13-,14-,15-,16-,17-,18-,19-,20-,21+,22+/m1/s1. The maximum atomic E-state index is 12.0. The van der Waals surface area contributed by atoms with E-state index in [2.05, 4.69) is 10.6 Å². The fourth-order valence-corrected chi connectivity index (χ4v) is 5.06. The Morgan fingerprint density at radius 3 is 1.77 bits per heavy atom. The van der Waals surface area contributed by atoms with Gasteiger partial charge < -0.3 is 75.8 Å². The summed E-state index contributed by atoms with van der Waals surface area (Å²) in [6, 6.07) is -3.45. The maximum Gasteiger partial charge on any atom is 0.217 e. The van der Waals surface area contributed by atoms with E-state index in [1.54, 1.807) is 5.32 Å². The Morgan fingerprint density at radius 1 is 0.744 bits per heavy atom. The van der Waals surface area contributed by atoms with E-state index in [1.807, 2.05) is 0 Å². The highest BCUT2D eigenvalue weighted by Crippen LogP contribution is 2.31. The zero-order chi connectivity index (χ0) is 29.0. The van der Waals surface area contributed by atoms with Crippen LogP contribution in [0.1, 0.15) is 13.8 Å². The Hall–Kier alpha value is -1.58. The fraction of sp³-hybridized carbons (Fsp3) is 0.909. The van der Waals surface area contributed by atoms with Crippen molar-refractivity contribution in [3.8, 4) is 0 Å². The Bertz CT molecular complexity index is 823. The lowest BCUT2D eigenvalue weighted by molar-refractivity contribution is -0.718. The second-order valence-corrected chi connectivity index (χ2v) is 9.95. The molecule has 3 heterocycles. The monoisotopic (exact) mass is 570 g/mol. The van der Waals surface area contributed by atoms with Crippen LogP contribution in [-0.2, 0) is 28.5 Å². The second kappa shape index (κ2) is 13.9. The van der Waals surface area contributed by atoms with Gasteiger partial charge in [0.1, 0.15) is 79.6 Å². The average Bonchev–Trinajstić information content (AvgIpc) is 2.89. The molecule has 0 radical (unpaired) electrons. The summed E-state index contributed by atoms with van der Waals surface area (Å²) in [5.74, 6) is -1.23. The van der Waals surface area contributed by atoms with Gasteiger partial charge in [-0.25, -0.2) is 0 Å². The molecule has 3 aliphatic heterocycles. The van der Waals surface area contributed by atoms with Crippen molar-refractivity contribution in [3.05, 3.63) is 0 Å².